The first-order valence-corrected chi connectivity index (χ1v) is 4.07. The highest BCUT2D eigenvalue weighted by atomic mass is 14.9. The van der Waals surface area contributed by atoms with Crippen molar-refractivity contribution in [2.24, 2.45) is 0 Å². The van der Waals surface area contributed by atoms with E-state index in [0.717, 1.165) is 12.0 Å². The average molecular weight is 149 g/mol. The van der Waals surface area contributed by atoms with E-state index in [2.05, 4.69) is 25.7 Å². The highest BCUT2D eigenvalue weighted by Crippen LogP contribution is 2.21. The van der Waals surface area contributed by atoms with Gasteiger partial charge in [-0.1, -0.05) is 19.9 Å². The van der Waals surface area contributed by atoms with Crippen LogP contribution in [0.15, 0.2) is 35.7 Å². The molecule has 1 heteroatoms. The fourth-order valence-corrected chi connectivity index (χ4v) is 1.29. The number of allylic oxidation sites excluding steroid dienone is 4. The van der Waals surface area contributed by atoms with Crippen LogP contribution in [0.4, 0.5) is 0 Å². The van der Waals surface area contributed by atoms with Crippen molar-refractivity contribution < 1.29 is 0 Å². The second-order valence-corrected chi connectivity index (χ2v) is 2.86. The van der Waals surface area contributed by atoms with Crippen LogP contribution in [0.25, 0.3) is 0 Å². The number of nitrogens with one attached hydrogen (secondary N) is 1. The molecule has 60 valence electrons. The lowest BCUT2D eigenvalue weighted by Crippen LogP contribution is -2.10. The summed E-state index contributed by atoms with van der Waals surface area (Å²) in [6, 6.07) is 0. The van der Waals surface area contributed by atoms with Crippen molar-refractivity contribution in [1.29, 1.82) is 0 Å². The van der Waals surface area contributed by atoms with Gasteiger partial charge in [0.05, 0.1) is 0 Å². The Morgan fingerprint density at radius 1 is 1.55 bits per heavy atom. The molecule has 0 aromatic carbocycles. The van der Waals surface area contributed by atoms with Crippen LogP contribution in [0, 0.1) is 0 Å². The van der Waals surface area contributed by atoms with Crippen molar-refractivity contribution in [3.8, 4) is 0 Å². The second-order valence-electron chi connectivity index (χ2n) is 2.86. The van der Waals surface area contributed by atoms with E-state index in [4.69, 9.17) is 0 Å². The summed E-state index contributed by atoms with van der Waals surface area (Å²) < 4.78 is 0. The molecule has 1 aliphatic heterocycles. The average Bonchev–Trinajstić information content (AvgIpc) is 1.97. The van der Waals surface area contributed by atoms with Crippen LogP contribution in [-0.2, 0) is 0 Å². The van der Waals surface area contributed by atoms with Crippen molar-refractivity contribution in [2.45, 2.75) is 26.7 Å². The Bertz CT molecular complexity index is 221. The van der Waals surface area contributed by atoms with E-state index in [-0.39, 0.29) is 0 Å². The summed E-state index contributed by atoms with van der Waals surface area (Å²) in [7, 11) is 0. The minimum Gasteiger partial charge on any atom is -0.365 e. The molecule has 0 saturated carbocycles. The lowest BCUT2D eigenvalue weighted by atomic mass is 9.99. The lowest BCUT2D eigenvalue weighted by Gasteiger charge is -2.16. The normalized spacial score (nSPS) is 17.1. The molecule has 0 unspecified atom stereocenters. The van der Waals surface area contributed by atoms with Gasteiger partial charge in [0.15, 0.2) is 0 Å². The summed E-state index contributed by atoms with van der Waals surface area (Å²) in [5, 5.41) is 3.19. The Morgan fingerprint density at radius 3 is 2.82 bits per heavy atom. The van der Waals surface area contributed by atoms with Gasteiger partial charge in [0, 0.05) is 11.9 Å². The zero-order valence-corrected chi connectivity index (χ0v) is 7.28. The van der Waals surface area contributed by atoms with Crippen molar-refractivity contribution in [1.82, 2.24) is 5.32 Å². The minimum atomic E-state index is 1.13. The molecule has 11 heavy (non-hydrogen) atoms. The fraction of sp³-hybridized carbons (Fsp3) is 0.400. The van der Waals surface area contributed by atoms with E-state index in [1.54, 1.807) is 0 Å². The summed E-state index contributed by atoms with van der Waals surface area (Å²) in [4.78, 5) is 0. The molecule has 0 spiro atoms. The van der Waals surface area contributed by atoms with Gasteiger partial charge in [0.2, 0.25) is 0 Å². The molecule has 0 radical (unpaired) electrons. The second kappa shape index (κ2) is 3.42. The molecule has 0 amide bonds. The van der Waals surface area contributed by atoms with E-state index in [9.17, 15) is 0 Å². The summed E-state index contributed by atoms with van der Waals surface area (Å²) in [6.45, 7) is 8.26. The first-order chi connectivity index (χ1) is 5.25. The van der Waals surface area contributed by atoms with Crippen molar-refractivity contribution in [3.05, 3.63) is 35.7 Å². The monoisotopic (exact) mass is 149 g/mol. The van der Waals surface area contributed by atoms with E-state index >= 15 is 0 Å². The first-order valence-electron chi connectivity index (χ1n) is 4.07. The maximum atomic E-state index is 3.98. The van der Waals surface area contributed by atoms with Crippen molar-refractivity contribution in [3.63, 3.8) is 0 Å². The molecule has 1 N–H and O–H groups in total. The maximum Gasteiger partial charge on any atom is 0.0153 e. The predicted molar refractivity (Wildman–Crippen MR) is 49.0 cm³/mol. The standard InChI is InChI=1S/C10H15N/c1-4-5-10-8(2)6-7-11-9(10)3/h6-7,11H,2,4-5H2,1,3H3. The van der Waals surface area contributed by atoms with Gasteiger partial charge in [-0.25, -0.2) is 0 Å². The van der Waals surface area contributed by atoms with Gasteiger partial charge in [-0.2, -0.15) is 0 Å². The van der Waals surface area contributed by atoms with Crippen LogP contribution in [0.5, 0.6) is 0 Å². The Kier molecular flexibility index (Phi) is 2.53. The van der Waals surface area contributed by atoms with Crippen LogP contribution in [0.2, 0.25) is 0 Å². The zero-order chi connectivity index (χ0) is 8.27. The van der Waals surface area contributed by atoms with Crippen LogP contribution < -0.4 is 5.32 Å². The number of dihydropyridines is 1. The van der Waals surface area contributed by atoms with E-state index in [0.29, 0.717) is 0 Å². The SMILES string of the molecule is C=C1C=CNC(C)=C1CCC. The van der Waals surface area contributed by atoms with E-state index in [1.807, 2.05) is 12.3 Å². The maximum absolute atomic E-state index is 3.98. The quantitative estimate of drug-likeness (QED) is 0.636. The third kappa shape index (κ3) is 1.73. The Hall–Kier alpha value is -0.980. The minimum absolute atomic E-state index is 1.13. The summed E-state index contributed by atoms with van der Waals surface area (Å²) >= 11 is 0. The topological polar surface area (TPSA) is 12.0 Å². The Labute approximate surface area is 68.5 Å². The van der Waals surface area contributed by atoms with E-state index in [1.165, 1.54) is 17.7 Å². The molecule has 1 aliphatic rings. The Balaban J connectivity index is 2.78. The molecule has 0 aliphatic carbocycles. The number of hydrogen-bond donors (Lipinski definition) is 1. The molecular formula is C10H15N. The van der Waals surface area contributed by atoms with Gasteiger partial charge in [-0.3, -0.25) is 0 Å². The molecule has 1 rings (SSSR count). The van der Waals surface area contributed by atoms with Gasteiger partial charge in [0.25, 0.3) is 0 Å². The van der Waals surface area contributed by atoms with Crippen molar-refractivity contribution in [2.75, 3.05) is 0 Å². The molecule has 0 fully saturated rings. The van der Waals surface area contributed by atoms with Gasteiger partial charge < -0.3 is 5.32 Å². The molecule has 0 bridgehead atoms. The molecule has 0 aromatic heterocycles. The van der Waals surface area contributed by atoms with E-state index < -0.39 is 0 Å². The van der Waals surface area contributed by atoms with Crippen molar-refractivity contribution >= 4 is 0 Å². The molecule has 0 aromatic rings. The first kappa shape index (κ1) is 8.12. The van der Waals surface area contributed by atoms with Gasteiger partial charge in [-0.05, 0) is 30.6 Å². The summed E-state index contributed by atoms with van der Waals surface area (Å²) in [6.07, 6.45) is 6.28. The molecule has 1 nitrogen and oxygen atoms in total. The van der Waals surface area contributed by atoms with Crippen LogP contribution >= 0.6 is 0 Å². The van der Waals surface area contributed by atoms with Gasteiger partial charge in [0.1, 0.15) is 0 Å². The van der Waals surface area contributed by atoms with Crippen LogP contribution in [-0.4, -0.2) is 0 Å². The molecule has 0 saturated heterocycles. The summed E-state index contributed by atoms with van der Waals surface area (Å²) in [5.41, 5.74) is 3.78. The predicted octanol–water partition coefficient (Wildman–Crippen LogP) is 2.73. The van der Waals surface area contributed by atoms with Crippen LogP contribution in [0.3, 0.4) is 0 Å². The van der Waals surface area contributed by atoms with Crippen LogP contribution in [0.1, 0.15) is 26.7 Å². The van der Waals surface area contributed by atoms with Gasteiger partial charge >= 0.3 is 0 Å². The molecule has 0 atom stereocenters. The third-order valence-electron chi connectivity index (χ3n) is 1.92. The van der Waals surface area contributed by atoms with Gasteiger partial charge in [-0.15, -0.1) is 0 Å². The third-order valence-corrected chi connectivity index (χ3v) is 1.92. The Morgan fingerprint density at radius 2 is 2.27 bits per heavy atom. The molecule has 1 heterocycles. The molecular weight excluding hydrogens is 134 g/mol. The fourth-order valence-electron chi connectivity index (χ4n) is 1.29. The highest BCUT2D eigenvalue weighted by Gasteiger charge is 2.06. The lowest BCUT2D eigenvalue weighted by molar-refractivity contribution is 0.868. The largest absolute Gasteiger partial charge is 0.365 e. The number of rotatable bonds is 2. The highest BCUT2D eigenvalue weighted by molar-refractivity contribution is 5.43. The zero-order valence-electron chi connectivity index (χ0n) is 7.28. The summed E-state index contributed by atoms with van der Waals surface area (Å²) in [5.74, 6) is 0. The smallest absolute Gasteiger partial charge is 0.0153 e. The number of hydrogen-bond acceptors (Lipinski definition) is 1.